The van der Waals surface area contributed by atoms with Crippen molar-refractivity contribution in [2.45, 2.75) is 327 Å². The minimum absolute atomic E-state index is 0.360. The summed E-state index contributed by atoms with van der Waals surface area (Å²) in [5, 5.41) is 44.0. The van der Waals surface area contributed by atoms with Crippen molar-refractivity contribution in [2.24, 2.45) is 0 Å². The number of hydrogen-bond acceptors (Lipinski definition) is 5. The quantitative estimate of drug-likeness (QED) is 0.0308. The molecule has 0 aromatic carbocycles. The monoisotopic (exact) mass is 916 g/mol. The summed E-state index contributed by atoms with van der Waals surface area (Å²) >= 11 is 0. The normalized spacial score (nSPS) is 14.0. The summed E-state index contributed by atoms with van der Waals surface area (Å²) in [6.07, 6.45) is 66.4. The third-order valence-corrected chi connectivity index (χ3v) is 13.6. The van der Waals surface area contributed by atoms with Gasteiger partial charge in [0.2, 0.25) is 5.91 Å². The summed E-state index contributed by atoms with van der Waals surface area (Å²) in [5.74, 6) is -0.593. The number of aliphatic hydroxyl groups is 4. The van der Waals surface area contributed by atoms with E-state index in [4.69, 9.17) is 0 Å². The first-order valence-electron chi connectivity index (χ1n) is 28.9. The minimum atomic E-state index is -1.28. The van der Waals surface area contributed by atoms with Gasteiger partial charge in [-0.15, -0.1) is 0 Å². The van der Waals surface area contributed by atoms with Gasteiger partial charge in [-0.3, -0.25) is 4.79 Å². The molecule has 0 rings (SSSR count). The molecule has 0 fully saturated rings. The maximum atomic E-state index is 12.6. The zero-order valence-corrected chi connectivity index (χ0v) is 43.5. The topological polar surface area (TPSA) is 110 Å². The van der Waals surface area contributed by atoms with Crippen molar-refractivity contribution in [2.75, 3.05) is 6.61 Å². The van der Waals surface area contributed by atoms with Gasteiger partial charge >= 0.3 is 0 Å². The molecule has 0 aromatic rings. The van der Waals surface area contributed by atoms with E-state index in [2.05, 4.69) is 55.6 Å². The van der Waals surface area contributed by atoms with Crippen LogP contribution in [-0.2, 0) is 4.79 Å². The fraction of sp³-hybridized carbons (Fsp3) is 0.881. The lowest BCUT2D eigenvalue weighted by Crippen LogP contribution is -2.53. The highest BCUT2D eigenvalue weighted by molar-refractivity contribution is 5.80. The molecule has 0 heterocycles. The van der Waals surface area contributed by atoms with Gasteiger partial charge in [-0.05, 0) is 70.6 Å². The Morgan fingerprint density at radius 3 is 1.02 bits per heavy atom. The van der Waals surface area contributed by atoms with Crippen LogP contribution in [0.2, 0.25) is 0 Å². The third-order valence-electron chi connectivity index (χ3n) is 13.6. The van der Waals surface area contributed by atoms with Gasteiger partial charge in [-0.25, -0.2) is 0 Å². The summed E-state index contributed by atoms with van der Waals surface area (Å²) in [6, 6.07) is -1.00. The largest absolute Gasteiger partial charge is 0.394 e. The SMILES string of the molecule is CCCCCCCCCCC/C=C\C/C=C\CCCCCCCCCCCCC(O)C(=O)NC(CO)C(O)C(O)CCC/C=C/CCCCCCCCCCCCCCCCCCCC. The fourth-order valence-electron chi connectivity index (χ4n) is 9.03. The highest BCUT2D eigenvalue weighted by Crippen LogP contribution is 2.17. The molecule has 6 heteroatoms. The Morgan fingerprint density at radius 2 is 0.677 bits per heavy atom. The van der Waals surface area contributed by atoms with Crippen LogP contribution < -0.4 is 5.32 Å². The molecule has 4 unspecified atom stereocenters. The molecule has 0 aromatic heterocycles. The second-order valence-corrected chi connectivity index (χ2v) is 20.0. The number of amides is 1. The highest BCUT2D eigenvalue weighted by atomic mass is 16.3. The van der Waals surface area contributed by atoms with Gasteiger partial charge in [0.25, 0.3) is 0 Å². The van der Waals surface area contributed by atoms with Gasteiger partial charge in [0, 0.05) is 0 Å². The second-order valence-electron chi connectivity index (χ2n) is 20.0. The number of nitrogens with one attached hydrogen (secondary N) is 1. The van der Waals surface area contributed by atoms with Gasteiger partial charge in [-0.1, -0.05) is 269 Å². The Bertz CT molecular complexity index is 1030. The van der Waals surface area contributed by atoms with Gasteiger partial charge in [0.1, 0.15) is 12.2 Å². The Kier molecular flexibility index (Phi) is 52.3. The Labute approximate surface area is 405 Å². The maximum absolute atomic E-state index is 12.6. The van der Waals surface area contributed by atoms with Crippen molar-refractivity contribution < 1.29 is 25.2 Å². The molecule has 0 saturated heterocycles. The first kappa shape index (κ1) is 63.5. The van der Waals surface area contributed by atoms with E-state index in [9.17, 15) is 25.2 Å². The lowest BCUT2D eigenvalue weighted by molar-refractivity contribution is -0.132. The predicted octanol–water partition coefficient (Wildman–Crippen LogP) is 16.8. The second kappa shape index (κ2) is 53.5. The van der Waals surface area contributed by atoms with Gasteiger partial charge in [-0.2, -0.15) is 0 Å². The number of allylic oxidation sites excluding steroid dienone is 6. The predicted molar refractivity (Wildman–Crippen MR) is 284 cm³/mol. The number of carbonyl (C=O) groups is 1. The number of rotatable bonds is 53. The molecule has 0 aliphatic heterocycles. The molecule has 384 valence electrons. The van der Waals surface area contributed by atoms with Crippen molar-refractivity contribution >= 4 is 5.91 Å². The average Bonchev–Trinajstić information content (AvgIpc) is 3.31. The molecule has 4 atom stereocenters. The lowest BCUT2D eigenvalue weighted by Gasteiger charge is -2.27. The molecule has 1 amide bonds. The summed E-state index contributed by atoms with van der Waals surface area (Å²) in [6.45, 7) is 4.07. The molecule has 0 saturated carbocycles. The average molecular weight is 917 g/mol. The lowest BCUT2D eigenvalue weighted by atomic mass is 10.00. The zero-order valence-electron chi connectivity index (χ0n) is 43.5. The molecular weight excluding hydrogens is 803 g/mol. The highest BCUT2D eigenvalue weighted by Gasteiger charge is 2.28. The van der Waals surface area contributed by atoms with E-state index < -0.39 is 36.9 Å². The van der Waals surface area contributed by atoms with Crippen molar-refractivity contribution in [3.63, 3.8) is 0 Å². The van der Waals surface area contributed by atoms with Crippen molar-refractivity contribution in [1.82, 2.24) is 5.32 Å². The summed E-state index contributed by atoms with van der Waals surface area (Å²) in [5.41, 5.74) is 0. The molecule has 5 N–H and O–H groups in total. The first-order valence-corrected chi connectivity index (χ1v) is 28.9. The zero-order chi connectivity index (χ0) is 47.4. The van der Waals surface area contributed by atoms with Crippen LogP contribution in [-0.4, -0.2) is 57.3 Å². The summed E-state index contributed by atoms with van der Waals surface area (Å²) < 4.78 is 0. The Hall–Kier alpha value is -1.47. The van der Waals surface area contributed by atoms with E-state index in [1.54, 1.807) is 0 Å². The Balaban J connectivity index is 3.67. The van der Waals surface area contributed by atoms with Crippen LogP contribution in [0.25, 0.3) is 0 Å². The first-order chi connectivity index (χ1) is 32.0. The van der Waals surface area contributed by atoms with Crippen LogP contribution in [0.5, 0.6) is 0 Å². The van der Waals surface area contributed by atoms with Gasteiger partial charge in [0.15, 0.2) is 0 Å². The van der Waals surface area contributed by atoms with Crippen molar-refractivity contribution in [3.8, 4) is 0 Å². The maximum Gasteiger partial charge on any atom is 0.249 e. The molecule has 6 nitrogen and oxygen atoms in total. The van der Waals surface area contributed by atoms with E-state index in [0.29, 0.717) is 12.8 Å². The standard InChI is InChI=1S/C59H113NO5/c1-3-5-7-9-11-13-15-17-19-21-23-25-27-28-29-31-33-35-37-39-41-43-45-47-49-51-53-57(63)59(65)60-55(54-61)58(64)56(62)52-50-48-46-44-42-40-38-36-34-32-30-26-24-22-20-18-16-14-12-10-8-6-4-2/h23,25,28-29,44,46,55-58,61-64H,3-22,24,26-27,30-43,45,47-54H2,1-2H3,(H,60,65)/b25-23-,29-28-,46-44+. The third kappa shape index (κ3) is 47.4. The number of hydrogen-bond donors (Lipinski definition) is 5. The van der Waals surface area contributed by atoms with E-state index >= 15 is 0 Å². The van der Waals surface area contributed by atoms with Crippen LogP contribution in [0.15, 0.2) is 36.5 Å². The van der Waals surface area contributed by atoms with Crippen LogP contribution in [0, 0.1) is 0 Å². The van der Waals surface area contributed by atoms with Crippen LogP contribution in [0.3, 0.4) is 0 Å². The van der Waals surface area contributed by atoms with Gasteiger partial charge < -0.3 is 25.7 Å². The van der Waals surface area contributed by atoms with Crippen LogP contribution >= 0.6 is 0 Å². The fourth-order valence-corrected chi connectivity index (χ4v) is 9.03. The molecule has 0 aliphatic rings. The number of aliphatic hydroxyl groups excluding tert-OH is 4. The van der Waals surface area contributed by atoms with Crippen molar-refractivity contribution in [1.29, 1.82) is 0 Å². The van der Waals surface area contributed by atoms with E-state index in [0.717, 1.165) is 44.9 Å². The smallest absolute Gasteiger partial charge is 0.249 e. The number of carbonyl (C=O) groups excluding carboxylic acids is 1. The van der Waals surface area contributed by atoms with E-state index in [-0.39, 0.29) is 0 Å². The summed E-state index contributed by atoms with van der Waals surface area (Å²) in [7, 11) is 0. The Morgan fingerprint density at radius 1 is 0.385 bits per heavy atom. The molecule has 0 aliphatic carbocycles. The molecule has 65 heavy (non-hydrogen) atoms. The van der Waals surface area contributed by atoms with Crippen LogP contribution in [0.1, 0.15) is 303 Å². The minimum Gasteiger partial charge on any atom is -0.394 e. The molecular formula is C59H113NO5. The molecule has 0 radical (unpaired) electrons. The van der Waals surface area contributed by atoms with Crippen LogP contribution in [0.4, 0.5) is 0 Å². The van der Waals surface area contributed by atoms with E-state index in [1.165, 1.54) is 231 Å². The van der Waals surface area contributed by atoms with Crippen molar-refractivity contribution in [3.05, 3.63) is 36.5 Å². The molecule has 0 spiro atoms. The van der Waals surface area contributed by atoms with Gasteiger partial charge in [0.05, 0.1) is 18.8 Å². The molecule has 0 bridgehead atoms. The van der Waals surface area contributed by atoms with E-state index in [1.807, 2.05) is 0 Å². The number of unbranched alkanes of at least 4 members (excludes halogenated alkanes) is 38. The summed E-state index contributed by atoms with van der Waals surface area (Å²) in [4.78, 5) is 12.6.